The zero-order valence-corrected chi connectivity index (χ0v) is 15.1. The summed E-state index contributed by atoms with van der Waals surface area (Å²) in [7, 11) is 0. The fourth-order valence-corrected chi connectivity index (χ4v) is 3.08. The van der Waals surface area contributed by atoms with Gasteiger partial charge in [-0.25, -0.2) is 0 Å². The molecule has 0 fully saturated rings. The molecule has 0 aromatic heterocycles. The van der Waals surface area contributed by atoms with Gasteiger partial charge in [-0.2, -0.15) is 0 Å². The lowest BCUT2D eigenvalue weighted by Crippen LogP contribution is -2.07. The van der Waals surface area contributed by atoms with Crippen molar-refractivity contribution in [1.82, 2.24) is 0 Å². The smallest absolute Gasteiger partial charge is 0.108 e. The second-order valence-corrected chi connectivity index (χ2v) is 6.55. The molecule has 2 rings (SSSR count). The Morgan fingerprint density at radius 2 is 1.08 bits per heavy atom. The molecule has 0 aliphatic rings. The van der Waals surface area contributed by atoms with E-state index >= 15 is 0 Å². The summed E-state index contributed by atoms with van der Waals surface area (Å²) in [4.78, 5) is 0. The van der Waals surface area contributed by atoms with Crippen LogP contribution < -0.4 is 0 Å². The third-order valence-corrected chi connectivity index (χ3v) is 4.49. The summed E-state index contributed by atoms with van der Waals surface area (Å²) in [6.07, 6.45) is 10.7. The highest BCUT2D eigenvalue weighted by atomic mass is 16.5. The first-order chi connectivity index (χ1) is 11.9. The molecule has 0 heterocycles. The summed E-state index contributed by atoms with van der Waals surface area (Å²) in [5.74, 6) is 0. The Balaban J connectivity index is 1.74. The molecule has 0 aliphatic carbocycles. The largest absolute Gasteiger partial charge is 0.369 e. The maximum absolute atomic E-state index is 6.26. The van der Waals surface area contributed by atoms with Gasteiger partial charge in [-0.1, -0.05) is 113 Å². The Morgan fingerprint density at radius 1 is 0.625 bits per heavy atom. The summed E-state index contributed by atoms with van der Waals surface area (Å²) < 4.78 is 6.26. The van der Waals surface area contributed by atoms with E-state index in [9.17, 15) is 0 Å². The number of hydrogen-bond donors (Lipinski definition) is 0. The quantitative estimate of drug-likeness (QED) is 0.384. The van der Waals surface area contributed by atoms with Gasteiger partial charge in [0.05, 0.1) is 0 Å². The SMILES string of the molecule is CCCCCCCCCCOC(c1ccccc1)c1ccccc1. The molecular weight excluding hydrogens is 292 g/mol. The van der Waals surface area contributed by atoms with Gasteiger partial charge in [-0.3, -0.25) is 0 Å². The van der Waals surface area contributed by atoms with Crippen molar-refractivity contribution in [2.75, 3.05) is 6.61 Å². The first-order valence-corrected chi connectivity index (χ1v) is 9.63. The molecule has 0 radical (unpaired) electrons. The molecule has 0 saturated carbocycles. The van der Waals surface area contributed by atoms with Crippen LogP contribution in [0.25, 0.3) is 0 Å². The fraction of sp³-hybridized carbons (Fsp3) is 0.478. The lowest BCUT2D eigenvalue weighted by molar-refractivity contribution is 0.0768. The third kappa shape index (κ3) is 6.88. The number of hydrogen-bond acceptors (Lipinski definition) is 1. The van der Waals surface area contributed by atoms with Crippen LogP contribution >= 0.6 is 0 Å². The fourth-order valence-electron chi connectivity index (χ4n) is 3.08. The zero-order chi connectivity index (χ0) is 16.9. The lowest BCUT2D eigenvalue weighted by atomic mass is 10.0. The monoisotopic (exact) mass is 324 g/mol. The zero-order valence-electron chi connectivity index (χ0n) is 15.1. The molecule has 1 heteroatoms. The van der Waals surface area contributed by atoms with Gasteiger partial charge in [0.15, 0.2) is 0 Å². The minimum Gasteiger partial charge on any atom is -0.369 e. The van der Waals surface area contributed by atoms with Crippen LogP contribution in [0.3, 0.4) is 0 Å². The Morgan fingerprint density at radius 3 is 1.58 bits per heavy atom. The van der Waals surface area contributed by atoms with E-state index in [2.05, 4.69) is 67.6 Å². The van der Waals surface area contributed by atoms with Crippen molar-refractivity contribution in [3.63, 3.8) is 0 Å². The van der Waals surface area contributed by atoms with Crippen LogP contribution in [0.1, 0.15) is 75.5 Å². The maximum atomic E-state index is 6.26. The van der Waals surface area contributed by atoms with E-state index in [0.29, 0.717) is 0 Å². The molecule has 0 aliphatic heterocycles. The second-order valence-electron chi connectivity index (χ2n) is 6.55. The van der Waals surface area contributed by atoms with Crippen molar-refractivity contribution < 1.29 is 4.74 Å². The summed E-state index contributed by atoms with van der Waals surface area (Å²) in [6, 6.07) is 21.1. The van der Waals surface area contributed by atoms with Crippen molar-refractivity contribution in [2.45, 2.75) is 64.4 Å². The van der Waals surface area contributed by atoms with Crippen molar-refractivity contribution in [3.05, 3.63) is 71.8 Å². The molecule has 0 bridgehead atoms. The van der Waals surface area contributed by atoms with Gasteiger partial charge in [-0.05, 0) is 17.5 Å². The molecule has 130 valence electrons. The van der Waals surface area contributed by atoms with E-state index in [4.69, 9.17) is 4.74 Å². The molecular formula is C23H32O. The molecule has 2 aromatic rings. The maximum Gasteiger partial charge on any atom is 0.108 e. The van der Waals surface area contributed by atoms with Gasteiger partial charge in [0.25, 0.3) is 0 Å². The summed E-state index contributed by atoms with van der Waals surface area (Å²) in [5, 5.41) is 0. The van der Waals surface area contributed by atoms with Gasteiger partial charge >= 0.3 is 0 Å². The van der Waals surface area contributed by atoms with Crippen LogP contribution in [0.2, 0.25) is 0 Å². The second kappa shape index (κ2) is 11.9. The van der Waals surface area contributed by atoms with E-state index in [-0.39, 0.29) is 6.10 Å². The van der Waals surface area contributed by atoms with Crippen molar-refractivity contribution in [3.8, 4) is 0 Å². The Bertz CT molecular complexity index is 481. The number of ether oxygens (including phenoxy) is 1. The molecule has 2 aromatic carbocycles. The van der Waals surface area contributed by atoms with Crippen LogP contribution in [0.5, 0.6) is 0 Å². The lowest BCUT2D eigenvalue weighted by Gasteiger charge is -2.19. The van der Waals surface area contributed by atoms with Crippen molar-refractivity contribution >= 4 is 0 Å². The minimum atomic E-state index is 0.0527. The molecule has 0 saturated heterocycles. The van der Waals surface area contributed by atoms with Gasteiger partial charge in [-0.15, -0.1) is 0 Å². The average Bonchev–Trinajstić information content (AvgIpc) is 2.65. The van der Waals surface area contributed by atoms with Crippen molar-refractivity contribution in [1.29, 1.82) is 0 Å². The Kier molecular flexibility index (Phi) is 9.26. The van der Waals surface area contributed by atoms with Gasteiger partial charge in [0, 0.05) is 6.61 Å². The Labute approximate surface area is 148 Å². The van der Waals surface area contributed by atoms with E-state index < -0.39 is 0 Å². The van der Waals surface area contributed by atoms with E-state index in [1.165, 1.54) is 56.1 Å². The minimum absolute atomic E-state index is 0.0527. The third-order valence-electron chi connectivity index (χ3n) is 4.49. The predicted molar refractivity (Wildman–Crippen MR) is 103 cm³/mol. The molecule has 0 N–H and O–H groups in total. The van der Waals surface area contributed by atoms with Crippen molar-refractivity contribution in [2.24, 2.45) is 0 Å². The summed E-state index contributed by atoms with van der Waals surface area (Å²) in [5.41, 5.74) is 2.48. The first kappa shape index (κ1) is 18.7. The van der Waals surface area contributed by atoms with Crippen LogP contribution in [-0.2, 0) is 4.74 Å². The topological polar surface area (TPSA) is 9.23 Å². The van der Waals surface area contributed by atoms with Gasteiger partial charge in [0.2, 0.25) is 0 Å². The highest BCUT2D eigenvalue weighted by molar-refractivity contribution is 5.29. The number of unbranched alkanes of at least 4 members (excludes halogenated alkanes) is 7. The molecule has 0 spiro atoms. The normalized spacial score (nSPS) is 11.1. The highest BCUT2D eigenvalue weighted by Crippen LogP contribution is 2.26. The molecule has 24 heavy (non-hydrogen) atoms. The standard InChI is InChI=1S/C23H32O/c1-2-3-4-5-6-7-8-15-20-24-23(21-16-11-9-12-17-21)22-18-13-10-14-19-22/h9-14,16-19,23H,2-8,15,20H2,1H3. The first-order valence-electron chi connectivity index (χ1n) is 9.63. The van der Waals surface area contributed by atoms with E-state index in [0.717, 1.165) is 13.0 Å². The molecule has 0 atom stereocenters. The Hall–Kier alpha value is -1.60. The van der Waals surface area contributed by atoms with E-state index in [1.54, 1.807) is 0 Å². The van der Waals surface area contributed by atoms with Crippen LogP contribution in [0.4, 0.5) is 0 Å². The van der Waals surface area contributed by atoms with Crippen LogP contribution in [0.15, 0.2) is 60.7 Å². The molecule has 0 amide bonds. The van der Waals surface area contributed by atoms with Gasteiger partial charge in [0.1, 0.15) is 6.10 Å². The van der Waals surface area contributed by atoms with Crippen LogP contribution in [0, 0.1) is 0 Å². The highest BCUT2D eigenvalue weighted by Gasteiger charge is 2.13. The average molecular weight is 325 g/mol. The van der Waals surface area contributed by atoms with E-state index in [1.807, 2.05) is 0 Å². The molecule has 1 nitrogen and oxygen atoms in total. The van der Waals surface area contributed by atoms with Crippen LogP contribution in [-0.4, -0.2) is 6.61 Å². The number of benzene rings is 2. The summed E-state index contributed by atoms with van der Waals surface area (Å²) in [6.45, 7) is 3.11. The summed E-state index contributed by atoms with van der Waals surface area (Å²) >= 11 is 0. The number of rotatable bonds is 12. The predicted octanol–water partition coefficient (Wildman–Crippen LogP) is 6.93. The van der Waals surface area contributed by atoms with Gasteiger partial charge < -0.3 is 4.74 Å². The molecule has 0 unspecified atom stereocenters.